The molecule has 2 fully saturated rings. The third-order valence-electron chi connectivity index (χ3n) is 4.34. The normalized spacial score (nSPS) is 19.2. The van der Waals surface area contributed by atoms with Crippen LogP contribution in [0.3, 0.4) is 0 Å². The Morgan fingerprint density at radius 1 is 1.00 bits per heavy atom. The Bertz CT molecular complexity index is 631. The second-order valence-corrected chi connectivity index (χ2v) is 5.93. The molecule has 24 heavy (non-hydrogen) atoms. The zero-order chi connectivity index (χ0) is 17.1. The number of hydrogen-bond donors (Lipinski definition) is 0. The van der Waals surface area contributed by atoms with E-state index in [1.54, 1.807) is 17.0 Å². The van der Waals surface area contributed by atoms with Crippen molar-refractivity contribution in [1.29, 1.82) is 0 Å². The van der Waals surface area contributed by atoms with E-state index in [-0.39, 0.29) is 49.4 Å². The zero-order valence-corrected chi connectivity index (χ0v) is 13.3. The molecular weight excluding hydrogens is 314 g/mol. The summed E-state index contributed by atoms with van der Waals surface area (Å²) in [6.45, 7) is 2.16. The molecule has 0 aromatic carbocycles. The van der Waals surface area contributed by atoms with Gasteiger partial charge in [0, 0.05) is 39.0 Å². The van der Waals surface area contributed by atoms with Crippen LogP contribution in [0, 0.1) is 0 Å². The number of rotatable bonds is 5. The van der Waals surface area contributed by atoms with E-state index in [1.807, 2.05) is 4.90 Å². The van der Waals surface area contributed by atoms with Crippen molar-refractivity contribution >= 4 is 23.5 Å². The van der Waals surface area contributed by atoms with Gasteiger partial charge in [-0.25, -0.2) is 0 Å². The van der Waals surface area contributed by atoms with Gasteiger partial charge >= 0.3 is 0 Å². The van der Waals surface area contributed by atoms with Crippen LogP contribution < -0.4 is 0 Å². The Balaban J connectivity index is 1.46. The molecule has 0 atom stereocenters. The Morgan fingerprint density at radius 3 is 2.25 bits per heavy atom. The number of Topliss-reactive ketones (excluding diaryl/α,β-unsaturated/α-hetero) is 1. The van der Waals surface area contributed by atoms with Crippen molar-refractivity contribution in [1.82, 2.24) is 14.7 Å². The molecule has 2 saturated heterocycles. The van der Waals surface area contributed by atoms with E-state index in [4.69, 9.17) is 4.42 Å². The quantitative estimate of drug-likeness (QED) is 0.545. The van der Waals surface area contributed by atoms with Gasteiger partial charge in [0.05, 0.1) is 12.8 Å². The lowest BCUT2D eigenvalue weighted by Gasteiger charge is -2.34. The highest BCUT2D eigenvalue weighted by atomic mass is 16.3. The van der Waals surface area contributed by atoms with E-state index >= 15 is 0 Å². The lowest BCUT2D eigenvalue weighted by molar-refractivity contribution is -0.146. The largest absolute Gasteiger partial charge is 0.461 e. The van der Waals surface area contributed by atoms with Gasteiger partial charge in [-0.3, -0.25) is 29.0 Å². The number of hydrogen-bond acceptors (Lipinski definition) is 6. The van der Waals surface area contributed by atoms with Crippen LogP contribution in [0.1, 0.15) is 23.4 Å². The third-order valence-corrected chi connectivity index (χ3v) is 4.34. The maximum atomic E-state index is 12.2. The van der Waals surface area contributed by atoms with Gasteiger partial charge in [0.2, 0.25) is 23.5 Å². The number of ketones is 1. The highest BCUT2D eigenvalue weighted by Crippen LogP contribution is 2.13. The Kier molecular flexibility index (Phi) is 4.75. The second kappa shape index (κ2) is 6.96. The van der Waals surface area contributed by atoms with Crippen molar-refractivity contribution in [2.45, 2.75) is 12.8 Å². The number of amides is 3. The fourth-order valence-electron chi connectivity index (χ4n) is 2.91. The van der Waals surface area contributed by atoms with E-state index in [9.17, 15) is 19.2 Å². The van der Waals surface area contributed by atoms with Gasteiger partial charge in [0.15, 0.2) is 5.76 Å². The number of carbonyl (C=O) groups excluding carboxylic acids is 4. The smallest absolute Gasteiger partial charge is 0.242 e. The molecule has 1 aromatic rings. The first-order valence-corrected chi connectivity index (χ1v) is 7.94. The predicted molar refractivity (Wildman–Crippen MR) is 82.0 cm³/mol. The molecule has 8 nitrogen and oxygen atoms in total. The second-order valence-electron chi connectivity index (χ2n) is 5.93. The maximum Gasteiger partial charge on any atom is 0.242 e. The fraction of sp³-hybridized carbons (Fsp3) is 0.500. The van der Waals surface area contributed by atoms with E-state index in [1.165, 1.54) is 6.26 Å². The van der Waals surface area contributed by atoms with Crippen molar-refractivity contribution < 1.29 is 23.6 Å². The van der Waals surface area contributed by atoms with Gasteiger partial charge in [-0.05, 0) is 12.1 Å². The molecule has 2 aliphatic rings. The third kappa shape index (κ3) is 3.53. The summed E-state index contributed by atoms with van der Waals surface area (Å²) >= 11 is 0. The molecule has 0 N–H and O–H groups in total. The summed E-state index contributed by atoms with van der Waals surface area (Å²) < 4.78 is 5.08. The molecule has 3 rings (SSSR count). The summed E-state index contributed by atoms with van der Waals surface area (Å²) in [7, 11) is 0. The first-order valence-electron chi connectivity index (χ1n) is 7.94. The number of imide groups is 1. The lowest BCUT2D eigenvalue weighted by atomic mass is 10.2. The molecule has 1 aromatic heterocycles. The van der Waals surface area contributed by atoms with Gasteiger partial charge in [0.25, 0.3) is 0 Å². The molecule has 0 radical (unpaired) electrons. The maximum absolute atomic E-state index is 12.2. The molecule has 0 spiro atoms. The van der Waals surface area contributed by atoms with Gasteiger partial charge < -0.3 is 9.32 Å². The van der Waals surface area contributed by atoms with Crippen LogP contribution in [-0.2, 0) is 14.4 Å². The summed E-state index contributed by atoms with van der Waals surface area (Å²) in [5.41, 5.74) is 0. The lowest BCUT2D eigenvalue weighted by Crippen LogP contribution is -2.52. The van der Waals surface area contributed by atoms with Crippen LogP contribution in [0.15, 0.2) is 22.8 Å². The van der Waals surface area contributed by atoms with Crippen LogP contribution in [0.4, 0.5) is 0 Å². The van der Waals surface area contributed by atoms with Crippen molar-refractivity contribution in [3.05, 3.63) is 24.2 Å². The standard InChI is InChI=1S/C16H19N3O5/c20-12(13-2-1-9-24-13)10-17-5-7-18(8-6-17)16(23)11-19-14(21)3-4-15(19)22/h1-2,9H,3-8,10-11H2. The van der Waals surface area contributed by atoms with Gasteiger partial charge in [-0.1, -0.05) is 0 Å². The summed E-state index contributed by atoms with van der Waals surface area (Å²) in [4.78, 5) is 52.0. The summed E-state index contributed by atoms with van der Waals surface area (Å²) in [6.07, 6.45) is 1.84. The van der Waals surface area contributed by atoms with E-state index in [0.717, 1.165) is 4.90 Å². The van der Waals surface area contributed by atoms with Crippen molar-refractivity contribution in [3.63, 3.8) is 0 Å². The Hall–Kier alpha value is -2.48. The molecule has 3 heterocycles. The molecule has 2 aliphatic heterocycles. The number of carbonyl (C=O) groups is 4. The number of piperazine rings is 1. The Labute approximate surface area is 139 Å². The summed E-state index contributed by atoms with van der Waals surface area (Å²) in [5, 5.41) is 0. The molecule has 0 saturated carbocycles. The van der Waals surface area contributed by atoms with Gasteiger partial charge in [-0.2, -0.15) is 0 Å². The highest BCUT2D eigenvalue weighted by molar-refractivity contribution is 6.04. The van der Waals surface area contributed by atoms with Crippen molar-refractivity contribution in [2.24, 2.45) is 0 Å². The monoisotopic (exact) mass is 333 g/mol. The Morgan fingerprint density at radius 2 is 1.67 bits per heavy atom. The first-order chi connectivity index (χ1) is 11.5. The average Bonchev–Trinajstić information content (AvgIpc) is 3.21. The molecule has 0 bridgehead atoms. The van der Waals surface area contributed by atoms with Crippen LogP contribution in [-0.4, -0.2) is 77.5 Å². The highest BCUT2D eigenvalue weighted by Gasteiger charge is 2.32. The SMILES string of the molecule is O=C(CN1CCN(C(=O)CN2C(=O)CCC2=O)CC1)c1ccco1. The fourth-order valence-corrected chi connectivity index (χ4v) is 2.91. The van der Waals surface area contributed by atoms with Crippen LogP contribution >= 0.6 is 0 Å². The first kappa shape index (κ1) is 16.4. The number of likely N-dealkylation sites (tertiary alicyclic amines) is 1. The summed E-state index contributed by atoms with van der Waals surface area (Å²) in [6, 6.07) is 3.30. The van der Waals surface area contributed by atoms with E-state index in [2.05, 4.69) is 0 Å². The zero-order valence-electron chi connectivity index (χ0n) is 13.3. The van der Waals surface area contributed by atoms with Gasteiger partial charge in [0.1, 0.15) is 6.54 Å². The topological polar surface area (TPSA) is 91.1 Å². The molecule has 128 valence electrons. The van der Waals surface area contributed by atoms with Crippen molar-refractivity contribution in [2.75, 3.05) is 39.3 Å². The van der Waals surface area contributed by atoms with Crippen molar-refractivity contribution in [3.8, 4) is 0 Å². The molecular formula is C16H19N3O5. The van der Waals surface area contributed by atoms with Gasteiger partial charge in [-0.15, -0.1) is 0 Å². The van der Waals surface area contributed by atoms with E-state index < -0.39 is 0 Å². The van der Waals surface area contributed by atoms with Crippen LogP contribution in [0.25, 0.3) is 0 Å². The minimum atomic E-state index is -0.281. The number of nitrogens with zero attached hydrogens (tertiary/aromatic N) is 3. The predicted octanol–water partition coefficient (Wildman–Crippen LogP) is -0.244. The molecule has 0 unspecified atom stereocenters. The molecule has 0 aliphatic carbocycles. The minimum Gasteiger partial charge on any atom is -0.461 e. The van der Waals surface area contributed by atoms with E-state index in [0.29, 0.717) is 31.9 Å². The average molecular weight is 333 g/mol. The molecule has 3 amide bonds. The van der Waals surface area contributed by atoms with Crippen LogP contribution in [0.2, 0.25) is 0 Å². The minimum absolute atomic E-state index is 0.0898. The van der Waals surface area contributed by atoms with Crippen LogP contribution in [0.5, 0.6) is 0 Å². The summed E-state index contributed by atoms with van der Waals surface area (Å²) in [5.74, 6) is -0.546. The number of furan rings is 1. The molecule has 8 heteroatoms.